The smallest absolute Gasteiger partial charge is 0.134 e. The Hall–Kier alpha value is -2.41. The number of pyridine rings is 1. The highest BCUT2D eigenvalue weighted by Gasteiger charge is 2.27. The molecule has 0 radical (unpaired) electrons. The highest BCUT2D eigenvalue weighted by molar-refractivity contribution is 6.32. The Labute approximate surface area is 182 Å². The summed E-state index contributed by atoms with van der Waals surface area (Å²) in [7, 11) is 0. The third-order valence-electron chi connectivity index (χ3n) is 5.11. The van der Waals surface area contributed by atoms with Crippen LogP contribution < -0.4 is 5.32 Å². The highest BCUT2D eigenvalue weighted by Crippen LogP contribution is 2.36. The van der Waals surface area contributed by atoms with Crippen LogP contribution in [0.4, 0.5) is 0 Å². The van der Waals surface area contributed by atoms with Gasteiger partial charge in [0.15, 0.2) is 0 Å². The van der Waals surface area contributed by atoms with E-state index in [4.69, 9.17) is 21.7 Å². The standard InChI is InChI=1S/C23H29ClN4O2/c1-23(2,15-26-10-4-3-5-13-29)22-27-20(16-8-11-25-12-9-16)21(28-22)17-6-7-18(24)19(30)14-17/h6-9,11-12,14,26,29-30H,3-5,10,13,15H2,1-2H3,(H,27,28). The number of aliphatic hydroxyl groups excluding tert-OH is 1. The molecule has 0 aliphatic heterocycles. The van der Waals surface area contributed by atoms with Gasteiger partial charge < -0.3 is 20.5 Å². The molecule has 0 spiro atoms. The summed E-state index contributed by atoms with van der Waals surface area (Å²) in [5.41, 5.74) is 3.18. The van der Waals surface area contributed by atoms with E-state index < -0.39 is 0 Å². The second-order valence-corrected chi connectivity index (χ2v) is 8.46. The SMILES string of the molecule is CC(C)(CNCCCCCO)c1nc(-c2ccc(Cl)c(O)c2)c(-c2ccncc2)[nH]1. The maximum Gasteiger partial charge on any atom is 0.134 e. The molecule has 0 aliphatic rings. The number of unbranched alkanes of at least 4 members (excludes halogenated alkanes) is 2. The third kappa shape index (κ3) is 5.39. The molecule has 0 bridgehead atoms. The van der Waals surface area contributed by atoms with E-state index >= 15 is 0 Å². The molecule has 7 heteroatoms. The third-order valence-corrected chi connectivity index (χ3v) is 5.43. The second-order valence-electron chi connectivity index (χ2n) is 8.06. The number of benzene rings is 1. The van der Waals surface area contributed by atoms with Crippen LogP contribution in [0.15, 0.2) is 42.7 Å². The normalized spacial score (nSPS) is 11.7. The number of phenolic OH excluding ortho intramolecular Hbond substituents is 1. The lowest BCUT2D eigenvalue weighted by Crippen LogP contribution is -2.34. The van der Waals surface area contributed by atoms with Gasteiger partial charge in [-0.05, 0) is 50.1 Å². The molecule has 0 fully saturated rings. The van der Waals surface area contributed by atoms with Gasteiger partial charge in [0.2, 0.25) is 0 Å². The lowest BCUT2D eigenvalue weighted by atomic mass is 9.92. The van der Waals surface area contributed by atoms with Crippen LogP contribution in [0.3, 0.4) is 0 Å². The van der Waals surface area contributed by atoms with Crippen LogP contribution in [0.25, 0.3) is 22.5 Å². The number of imidazole rings is 1. The van der Waals surface area contributed by atoms with Crippen LogP contribution in [-0.4, -0.2) is 44.9 Å². The number of hydrogen-bond donors (Lipinski definition) is 4. The summed E-state index contributed by atoms with van der Waals surface area (Å²) < 4.78 is 0. The molecule has 160 valence electrons. The maximum absolute atomic E-state index is 10.1. The first kappa shape index (κ1) is 22.3. The first-order valence-electron chi connectivity index (χ1n) is 10.2. The number of hydrogen-bond acceptors (Lipinski definition) is 5. The van der Waals surface area contributed by atoms with Gasteiger partial charge >= 0.3 is 0 Å². The van der Waals surface area contributed by atoms with E-state index in [0.29, 0.717) is 5.02 Å². The van der Waals surface area contributed by atoms with Crippen LogP contribution in [-0.2, 0) is 5.41 Å². The summed E-state index contributed by atoms with van der Waals surface area (Å²) in [4.78, 5) is 12.5. The molecule has 0 unspecified atom stereocenters. The van der Waals surface area contributed by atoms with E-state index in [1.807, 2.05) is 18.2 Å². The van der Waals surface area contributed by atoms with Crippen LogP contribution in [0.5, 0.6) is 5.75 Å². The Balaban J connectivity index is 1.88. The van der Waals surface area contributed by atoms with Gasteiger partial charge in [-0.3, -0.25) is 4.98 Å². The molecule has 4 N–H and O–H groups in total. The Bertz CT molecular complexity index is 957. The maximum atomic E-state index is 10.1. The van der Waals surface area contributed by atoms with Crippen molar-refractivity contribution in [3.05, 3.63) is 53.6 Å². The molecule has 0 saturated carbocycles. The molecule has 2 heterocycles. The highest BCUT2D eigenvalue weighted by atomic mass is 35.5. The monoisotopic (exact) mass is 428 g/mol. The molecule has 0 aliphatic carbocycles. The van der Waals surface area contributed by atoms with E-state index in [1.54, 1.807) is 24.5 Å². The number of aromatic amines is 1. The van der Waals surface area contributed by atoms with Gasteiger partial charge in [-0.1, -0.05) is 31.5 Å². The van der Waals surface area contributed by atoms with Gasteiger partial charge in [0.1, 0.15) is 11.6 Å². The van der Waals surface area contributed by atoms with Crippen molar-refractivity contribution < 1.29 is 10.2 Å². The Morgan fingerprint density at radius 1 is 1.07 bits per heavy atom. The lowest BCUT2D eigenvalue weighted by Gasteiger charge is -2.22. The summed E-state index contributed by atoms with van der Waals surface area (Å²) in [6.45, 7) is 6.21. The van der Waals surface area contributed by atoms with Gasteiger partial charge in [-0.15, -0.1) is 0 Å². The molecule has 30 heavy (non-hydrogen) atoms. The number of aliphatic hydroxyl groups is 1. The van der Waals surface area contributed by atoms with Crippen LogP contribution in [0, 0.1) is 0 Å². The molecule has 0 saturated heterocycles. The molecule has 2 aromatic heterocycles. The zero-order chi connectivity index (χ0) is 21.6. The molecule has 3 rings (SSSR count). The van der Waals surface area contributed by atoms with Crippen molar-refractivity contribution in [2.45, 2.75) is 38.5 Å². The topological polar surface area (TPSA) is 94.1 Å². The molecule has 1 aromatic carbocycles. The van der Waals surface area contributed by atoms with Crippen molar-refractivity contribution in [3.63, 3.8) is 0 Å². The Kier molecular flexibility index (Phi) is 7.48. The molecular weight excluding hydrogens is 400 g/mol. The van der Waals surface area contributed by atoms with E-state index in [-0.39, 0.29) is 17.8 Å². The number of phenols is 1. The van der Waals surface area contributed by atoms with Crippen LogP contribution >= 0.6 is 11.6 Å². The minimum atomic E-state index is -0.231. The Morgan fingerprint density at radius 3 is 2.53 bits per heavy atom. The first-order valence-corrected chi connectivity index (χ1v) is 10.6. The molecular formula is C23H29ClN4O2. The minimum absolute atomic E-state index is 0.0307. The van der Waals surface area contributed by atoms with Gasteiger partial charge in [0.05, 0.1) is 16.4 Å². The summed E-state index contributed by atoms with van der Waals surface area (Å²) in [6, 6.07) is 9.04. The van der Waals surface area contributed by atoms with Crippen molar-refractivity contribution in [1.82, 2.24) is 20.3 Å². The summed E-state index contributed by atoms with van der Waals surface area (Å²) >= 11 is 6.00. The summed E-state index contributed by atoms with van der Waals surface area (Å²) in [6.07, 6.45) is 6.39. The molecule has 3 aromatic rings. The average molecular weight is 429 g/mol. The predicted octanol–water partition coefficient (Wildman–Crippen LogP) is 4.53. The van der Waals surface area contributed by atoms with Gasteiger partial charge in [0, 0.05) is 42.1 Å². The fourth-order valence-corrected chi connectivity index (χ4v) is 3.43. The fraction of sp³-hybridized carbons (Fsp3) is 0.391. The zero-order valence-corrected chi connectivity index (χ0v) is 18.2. The number of nitrogens with one attached hydrogen (secondary N) is 2. The van der Waals surface area contributed by atoms with Gasteiger partial charge in [-0.2, -0.15) is 0 Å². The number of aromatic nitrogens is 3. The van der Waals surface area contributed by atoms with E-state index in [9.17, 15) is 5.11 Å². The Morgan fingerprint density at radius 2 is 1.83 bits per heavy atom. The summed E-state index contributed by atoms with van der Waals surface area (Å²) in [5.74, 6) is 0.893. The summed E-state index contributed by atoms with van der Waals surface area (Å²) in [5, 5.41) is 22.8. The first-order chi connectivity index (χ1) is 14.4. The van der Waals surface area contributed by atoms with Crippen molar-refractivity contribution in [2.75, 3.05) is 19.7 Å². The van der Waals surface area contributed by atoms with Gasteiger partial charge in [-0.25, -0.2) is 4.98 Å². The number of rotatable bonds is 10. The average Bonchev–Trinajstić information content (AvgIpc) is 3.20. The molecule has 0 atom stereocenters. The largest absolute Gasteiger partial charge is 0.506 e. The number of aromatic hydroxyl groups is 1. The number of halogens is 1. The quantitative estimate of drug-likeness (QED) is 0.356. The van der Waals surface area contributed by atoms with Gasteiger partial charge in [0.25, 0.3) is 0 Å². The fourth-order valence-electron chi connectivity index (χ4n) is 3.31. The zero-order valence-electron chi connectivity index (χ0n) is 17.5. The predicted molar refractivity (Wildman–Crippen MR) is 121 cm³/mol. The number of H-pyrrole nitrogens is 1. The van der Waals surface area contributed by atoms with E-state index in [0.717, 1.165) is 60.7 Å². The van der Waals surface area contributed by atoms with Crippen molar-refractivity contribution in [2.24, 2.45) is 0 Å². The van der Waals surface area contributed by atoms with Crippen molar-refractivity contribution in [1.29, 1.82) is 0 Å². The number of nitrogens with zero attached hydrogens (tertiary/aromatic N) is 2. The van der Waals surface area contributed by atoms with E-state index in [1.165, 1.54) is 0 Å². The molecule has 6 nitrogen and oxygen atoms in total. The van der Waals surface area contributed by atoms with Crippen molar-refractivity contribution >= 4 is 11.6 Å². The van der Waals surface area contributed by atoms with E-state index in [2.05, 4.69) is 29.1 Å². The van der Waals surface area contributed by atoms with Crippen LogP contribution in [0.1, 0.15) is 38.9 Å². The van der Waals surface area contributed by atoms with Crippen LogP contribution in [0.2, 0.25) is 5.02 Å². The lowest BCUT2D eigenvalue weighted by molar-refractivity contribution is 0.282. The van der Waals surface area contributed by atoms with Crippen molar-refractivity contribution in [3.8, 4) is 28.3 Å². The second kappa shape index (κ2) is 10.1. The minimum Gasteiger partial charge on any atom is -0.506 e. The molecule has 0 amide bonds.